The molecule has 1 saturated heterocycles. The number of carbonyl (C=O) groups is 1. The normalized spacial score (nSPS) is 20.8. The number of thioether (sulfide) groups is 1. The zero-order chi connectivity index (χ0) is 12.5. The minimum absolute atomic E-state index is 0.211. The number of carbonyl (C=O) groups excluding carboxylic acids is 1. The van der Waals surface area contributed by atoms with Crippen LogP contribution in [0.5, 0.6) is 0 Å². The van der Waals surface area contributed by atoms with Gasteiger partial charge in [-0.3, -0.25) is 4.79 Å². The average molecular weight is 302 g/mol. The lowest BCUT2D eigenvalue weighted by Gasteiger charge is -2.28. The zero-order valence-electron chi connectivity index (χ0n) is 10.2. The van der Waals surface area contributed by atoms with Crippen molar-refractivity contribution >= 4 is 40.6 Å². The Labute approximate surface area is 121 Å². The van der Waals surface area contributed by atoms with Crippen LogP contribution in [0, 0.1) is 0 Å². The molecule has 0 saturated carbocycles. The molecule has 2 aliphatic rings. The molecule has 0 aromatic carbocycles. The van der Waals surface area contributed by atoms with E-state index in [2.05, 4.69) is 6.07 Å². The maximum Gasteiger partial charge on any atom is 0.263 e. The molecule has 0 unspecified atom stereocenters. The van der Waals surface area contributed by atoms with Crippen LogP contribution in [0.4, 0.5) is 0 Å². The predicted molar refractivity (Wildman–Crippen MR) is 79.0 cm³/mol. The van der Waals surface area contributed by atoms with Gasteiger partial charge in [0.05, 0.1) is 4.88 Å². The summed E-state index contributed by atoms with van der Waals surface area (Å²) in [6, 6.07) is 2.11. The zero-order valence-corrected chi connectivity index (χ0v) is 12.5. The molecule has 0 radical (unpaired) electrons. The van der Waals surface area contributed by atoms with Crippen molar-refractivity contribution in [2.75, 3.05) is 18.8 Å². The lowest BCUT2D eigenvalue weighted by molar-refractivity contribution is 0.0731. The Bertz CT molecular complexity index is 428. The van der Waals surface area contributed by atoms with E-state index in [4.69, 9.17) is 11.6 Å². The molecule has 5 heteroatoms. The second-order valence-electron chi connectivity index (χ2n) is 4.83. The molecule has 0 bridgehead atoms. The number of aryl methyl sites for hydroxylation is 1. The molecular formula is C13H16ClNOS2. The van der Waals surface area contributed by atoms with Gasteiger partial charge in [-0.05, 0) is 36.6 Å². The van der Waals surface area contributed by atoms with Crippen molar-refractivity contribution < 1.29 is 4.79 Å². The van der Waals surface area contributed by atoms with Crippen LogP contribution >= 0.6 is 34.7 Å². The lowest BCUT2D eigenvalue weighted by Crippen LogP contribution is -2.38. The molecule has 3 heterocycles. The Kier molecular flexibility index (Phi) is 3.87. The van der Waals surface area contributed by atoms with E-state index in [1.165, 1.54) is 16.2 Å². The maximum atomic E-state index is 12.4. The summed E-state index contributed by atoms with van der Waals surface area (Å²) >= 11 is 9.74. The average Bonchev–Trinajstić information content (AvgIpc) is 2.82. The minimum Gasteiger partial charge on any atom is -0.338 e. The molecule has 98 valence electrons. The summed E-state index contributed by atoms with van der Waals surface area (Å²) in [5.74, 6) is 2.48. The van der Waals surface area contributed by atoms with Crippen LogP contribution in [0.2, 0.25) is 0 Å². The molecule has 0 aliphatic carbocycles. The maximum absolute atomic E-state index is 12.4. The number of alkyl halides is 1. The van der Waals surface area contributed by atoms with E-state index in [0.29, 0.717) is 0 Å². The third kappa shape index (κ3) is 2.56. The molecule has 2 aliphatic heterocycles. The van der Waals surface area contributed by atoms with E-state index in [1.807, 2.05) is 16.7 Å². The Morgan fingerprint density at radius 2 is 2.17 bits per heavy atom. The van der Waals surface area contributed by atoms with Crippen LogP contribution < -0.4 is 0 Å². The molecule has 3 rings (SSSR count). The van der Waals surface area contributed by atoms with Gasteiger partial charge in [0.1, 0.15) is 0 Å². The van der Waals surface area contributed by atoms with Crippen LogP contribution in [0.15, 0.2) is 6.07 Å². The van der Waals surface area contributed by atoms with Gasteiger partial charge < -0.3 is 4.90 Å². The number of hydrogen-bond acceptors (Lipinski definition) is 3. The molecule has 1 amide bonds. The van der Waals surface area contributed by atoms with Gasteiger partial charge in [0.25, 0.3) is 5.91 Å². The van der Waals surface area contributed by atoms with Crippen molar-refractivity contribution in [1.29, 1.82) is 0 Å². The van der Waals surface area contributed by atoms with Gasteiger partial charge in [-0.2, -0.15) is 11.8 Å². The van der Waals surface area contributed by atoms with Gasteiger partial charge in [0, 0.05) is 29.1 Å². The number of likely N-dealkylation sites (tertiary alicyclic amines) is 1. The van der Waals surface area contributed by atoms with Crippen LogP contribution in [0.1, 0.15) is 33.0 Å². The van der Waals surface area contributed by atoms with Crippen molar-refractivity contribution in [1.82, 2.24) is 4.90 Å². The molecule has 2 nitrogen and oxygen atoms in total. The largest absolute Gasteiger partial charge is 0.338 e. The molecule has 1 fully saturated rings. The second kappa shape index (κ2) is 5.43. The third-order valence-corrected chi connectivity index (χ3v) is 6.22. The first-order valence-corrected chi connectivity index (χ1v) is 8.77. The van der Waals surface area contributed by atoms with Gasteiger partial charge in [0.15, 0.2) is 0 Å². The van der Waals surface area contributed by atoms with Crippen LogP contribution in [-0.2, 0) is 12.2 Å². The minimum atomic E-state index is 0.211. The number of hydrogen-bond donors (Lipinski definition) is 0. The number of rotatable bonds is 1. The van der Waals surface area contributed by atoms with Gasteiger partial charge >= 0.3 is 0 Å². The monoisotopic (exact) mass is 301 g/mol. The fourth-order valence-electron chi connectivity index (χ4n) is 2.46. The number of piperidine rings is 1. The Balaban J connectivity index is 1.74. The summed E-state index contributed by atoms with van der Waals surface area (Å²) in [7, 11) is 0. The van der Waals surface area contributed by atoms with Crippen molar-refractivity contribution in [2.45, 2.75) is 30.4 Å². The topological polar surface area (TPSA) is 20.3 Å². The van der Waals surface area contributed by atoms with E-state index in [1.54, 1.807) is 11.3 Å². The summed E-state index contributed by atoms with van der Waals surface area (Å²) in [5, 5.41) is 0.252. The van der Waals surface area contributed by atoms with Gasteiger partial charge in [-0.1, -0.05) is 0 Å². The fourth-order valence-corrected chi connectivity index (χ4v) is 4.99. The first-order chi connectivity index (χ1) is 8.74. The summed E-state index contributed by atoms with van der Waals surface area (Å²) in [6.07, 6.45) is 2.98. The number of halogens is 1. The van der Waals surface area contributed by atoms with E-state index < -0.39 is 0 Å². The van der Waals surface area contributed by atoms with Gasteiger partial charge in [-0.25, -0.2) is 0 Å². The summed E-state index contributed by atoms with van der Waals surface area (Å²) < 4.78 is 0. The highest BCUT2D eigenvalue weighted by Crippen LogP contribution is 2.32. The standard InChI is InChI=1S/C13H16ClNOS2/c14-10-1-4-15(5-2-10)13(16)12-7-9-8-17-6-3-11(9)18-12/h7,10H,1-6,8H2. The summed E-state index contributed by atoms with van der Waals surface area (Å²) in [6.45, 7) is 1.62. The first-order valence-electron chi connectivity index (χ1n) is 6.36. The lowest BCUT2D eigenvalue weighted by atomic mass is 10.1. The van der Waals surface area contributed by atoms with E-state index in [-0.39, 0.29) is 11.3 Å². The van der Waals surface area contributed by atoms with Crippen molar-refractivity contribution in [3.05, 3.63) is 21.4 Å². The van der Waals surface area contributed by atoms with Crippen molar-refractivity contribution in [3.63, 3.8) is 0 Å². The molecule has 18 heavy (non-hydrogen) atoms. The molecule has 1 aromatic rings. The van der Waals surface area contributed by atoms with Crippen LogP contribution in [-0.4, -0.2) is 35.0 Å². The first kappa shape index (κ1) is 12.8. The third-order valence-electron chi connectivity index (χ3n) is 3.55. The van der Waals surface area contributed by atoms with Crippen molar-refractivity contribution in [2.24, 2.45) is 0 Å². The molecule has 0 spiro atoms. The Morgan fingerprint density at radius 1 is 1.39 bits per heavy atom. The predicted octanol–water partition coefficient (Wildman–Crippen LogP) is 3.38. The number of thiophene rings is 1. The SMILES string of the molecule is O=C(c1cc2c(s1)CCSC2)N1CCC(Cl)CC1. The smallest absolute Gasteiger partial charge is 0.263 e. The molecular weight excluding hydrogens is 286 g/mol. The number of nitrogens with zero attached hydrogens (tertiary/aromatic N) is 1. The van der Waals surface area contributed by atoms with Gasteiger partial charge in [-0.15, -0.1) is 22.9 Å². The van der Waals surface area contributed by atoms with E-state index in [9.17, 15) is 4.79 Å². The Hall–Kier alpha value is -0.190. The van der Waals surface area contributed by atoms with E-state index >= 15 is 0 Å². The van der Waals surface area contributed by atoms with Gasteiger partial charge in [0.2, 0.25) is 0 Å². The quantitative estimate of drug-likeness (QED) is 0.741. The second-order valence-corrected chi connectivity index (χ2v) is 7.69. The molecule has 1 aromatic heterocycles. The molecule has 0 N–H and O–H groups in total. The Morgan fingerprint density at radius 3 is 2.89 bits per heavy atom. The highest BCUT2D eigenvalue weighted by molar-refractivity contribution is 7.98. The van der Waals surface area contributed by atoms with Crippen LogP contribution in [0.3, 0.4) is 0 Å². The summed E-state index contributed by atoms with van der Waals surface area (Å²) in [4.78, 5) is 16.7. The fraction of sp³-hybridized carbons (Fsp3) is 0.615. The highest BCUT2D eigenvalue weighted by atomic mass is 35.5. The summed E-state index contributed by atoms with van der Waals surface area (Å²) in [5.41, 5.74) is 1.38. The highest BCUT2D eigenvalue weighted by Gasteiger charge is 2.25. The number of fused-ring (bicyclic) bond motifs is 1. The van der Waals surface area contributed by atoms with Crippen LogP contribution in [0.25, 0.3) is 0 Å². The van der Waals surface area contributed by atoms with Crippen molar-refractivity contribution in [3.8, 4) is 0 Å². The molecule has 0 atom stereocenters. The number of amides is 1. The van der Waals surface area contributed by atoms with E-state index in [0.717, 1.165) is 43.0 Å².